The summed E-state index contributed by atoms with van der Waals surface area (Å²) in [5, 5.41) is 2.34. The lowest BCUT2D eigenvalue weighted by Crippen LogP contribution is -2.27. The van der Waals surface area contributed by atoms with Crippen molar-refractivity contribution in [3.8, 4) is 22.6 Å². The summed E-state index contributed by atoms with van der Waals surface area (Å²) in [5.74, 6) is 1.83. The van der Waals surface area contributed by atoms with Crippen molar-refractivity contribution in [2.24, 2.45) is 0 Å². The summed E-state index contributed by atoms with van der Waals surface area (Å²) < 4.78 is 12.0. The van der Waals surface area contributed by atoms with Gasteiger partial charge in [0.05, 0.1) is 7.11 Å². The van der Waals surface area contributed by atoms with Crippen molar-refractivity contribution in [3.05, 3.63) is 65.7 Å². The molecule has 3 aromatic carbocycles. The van der Waals surface area contributed by atoms with Gasteiger partial charge in [0.15, 0.2) is 0 Å². The number of ether oxygens (including phenoxy) is 2. The lowest BCUT2D eigenvalue weighted by molar-refractivity contribution is 0.159. The molecule has 0 amide bonds. The number of hydrogen-bond donors (Lipinski definition) is 0. The van der Waals surface area contributed by atoms with Crippen LogP contribution in [0.2, 0.25) is 0 Å². The summed E-state index contributed by atoms with van der Waals surface area (Å²) in [6.45, 7) is 6.37. The van der Waals surface area contributed by atoms with Crippen molar-refractivity contribution < 1.29 is 9.47 Å². The molecule has 0 atom stereocenters. The van der Waals surface area contributed by atoms with E-state index >= 15 is 0 Å². The number of methoxy groups -OCH3 is 1. The normalized spacial score (nSPS) is 14.7. The summed E-state index contributed by atoms with van der Waals surface area (Å²) >= 11 is 0. The van der Waals surface area contributed by atoms with Crippen LogP contribution in [0, 0.1) is 0 Å². The first-order chi connectivity index (χ1) is 13.0. The van der Waals surface area contributed by atoms with Gasteiger partial charge >= 0.3 is 0 Å². The minimum absolute atomic E-state index is 0.293. The molecule has 0 radical (unpaired) electrons. The highest BCUT2D eigenvalue weighted by Crippen LogP contribution is 2.45. The second kappa shape index (κ2) is 6.77. The molecule has 1 aliphatic rings. The second-order valence-electron chi connectivity index (χ2n) is 7.67. The fraction of sp³-hybridized carbons (Fsp3) is 0.280. The molecule has 1 aliphatic heterocycles. The van der Waals surface area contributed by atoms with E-state index in [1.165, 1.54) is 22.1 Å². The average Bonchev–Trinajstić information content (AvgIpc) is 2.67. The smallest absolute Gasteiger partial charge is 0.128 e. The van der Waals surface area contributed by atoms with Crippen molar-refractivity contribution in [2.45, 2.75) is 39.2 Å². The Bertz CT molecular complexity index is 1010. The van der Waals surface area contributed by atoms with E-state index in [1.54, 1.807) is 7.11 Å². The quantitative estimate of drug-likeness (QED) is 0.519. The highest BCUT2D eigenvalue weighted by atomic mass is 16.5. The molecular formula is C25H26O2. The maximum Gasteiger partial charge on any atom is 0.128 e. The molecule has 0 bridgehead atoms. The third-order valence-corrected chi connectivity index (χ3v) is 5.17. The van der Waals surface area contributed by atoms with Crippen LogP contribution in [0.5, 0.6) is 11.5 Å². The predicted molar refractivity (Wildman–Crippen MR) is 114 cm³/mol. The first kappa shape index (κ1) is 17.7. The summed E-state index contributed by atoms with van der Waals surface area (Å²) in [6, 6.07) is 17.1. The van der Waals surface area contributed by atoms with Gasteiger partial charge in [-0.1, -0.05) is 49.8 Å². The van der Waals surface area contributed by atoms with Crippen molar-refractivity contribution in [1.82, 2.24) is 0 Å². The van der Waals surface area contributed by atoms with Gasteiger partial charge in [0.1, 0.15) is 17.1 Å². The maximum absolute atomic E-state index is 6.21. The highest BCUT2D eigenvalue weighted by molar-refractivity contribution is 6.07. The molecule has 0 unspecified atom stereocenters. The Morgan fingerprint density at radius 3 is 2.52 bits per heavy atom. The second-order valence-corrected chi connectivity index (χ2v) is 7.67. The molecule has 0 saturated heterocycles. The topological polar surface area (TPSA) is 18.5 Å². The molecule has 0 fully saturated rings. The number of hydrogen-bond acceptors (Lipinski definition) is 2. The van der Waals surface area contributed by atoms with Crippen molar-refractivity contribution in [3.63, 3.8) is 0 Å². The standard InChI is InChI=1S/C25H26O2/c1-5-9-18-16-22(26-4)24-19-14-15-25(2,3)27-21(19)13-12-20(24)23(18)17-10-7-6-8-11-17/h6-8,10-16H,5,9H2,1-4H3. The van der Waals surface area contributed by atoms with Gasteiger partial charge in [-0.25, -0.2) is 0 Å². The molecule has 2 nitrogen and oxygen atoms in total. The average molecular weight is 358 g/mol. The van der Waals surface area contributed by atoms with Crippen molar-refractivity contribution in [2.75, 3.05) is 7.11 Å². The molecule has 3 aromatic rings. The number of rotatable bonds is 4. The van der Waals surface area contributed by atoms with Gasteiger partial charge in [0.25, 0.3) is 0 Å². The molecule has 0 aliphatic carbocycles. The predicted octanol–water partition coefficient (Wildman–Crippen LogP) is 6.65. The third-order valence-electron chi connectivity index (χ3n) is 5.17. The van der Waals surface area contributed by atoms with Crippen LogP contribution < -0.4 is 9.47 Å². The Hall–Kier alpha value is -2.74. The van der Waals surface area contributed by atoms with Crippen LogP contribution in [0.3, 0.4) is 0 Å². The Morgan fingerprint density at radius 2 is 1.81 bits per heavy atom. The van der Waals surface area contributed by atoms with Crippen LogP contribution in [0.25, 0.3) is 28.0 Å². The Kier molecular flexibility index (Phi) is 4.43. The van der Waals surface area contributed by atoms with Crippen LogP contribution in [-0.2, 0) is 6.42 Å². The zero-order valence-corrected chi connectivity index (χ0v) is 16.5. The molecular weight excluding hydrogens is 332 g/mol. The SMILES string of the molecule is CCCc1cc(OC)c2c3c(ccc2c1-c1ccccc1)OC(C)(C)C=C3. The van der Waals surface area contributed by atoms with Gasteiger partial charge in [-0.2, -0.15) is 0 Å². The molecule has 138 valence electrons. The monoisotopic (exact) mass is 358 g/mol. The Morgan fingerprint density at radius 1 is 1.04 bits per heavy atom. The largest absolute Gasteiger partial charge is 0.496 e. The van der Waals surface area contributed by atoms with E-state index in [0.717, 1.165) is 35.3 Å². The van der Waals surface area contributed by atoms with E-state index in [-0.39, 0.29) is 5.60 Å². The minimum atomic E-state index is -0.293. The molecule has 1 heterocycles. The van der Waals surface area contributed by atoms with E-state index in [0.29, 0.717) is 0 Å². The van der Waals surface area contributed by atoms with E-state index < -0.39 is 0 Å². The summed E-state index contributed by atoms with van der Waals surface area (Å²) in [4.78, 5) is 0. The Balaban J connectivity index is 2.08. The summed E-state index contributed by atoms with van der Waals surface area (Å²) in [5.41, 5.74) is 4.68. The van der Waals surface area contributed by atoms with Gasteiger partial charge in [0.2, 0.25) is 0 Å². The molecule has 27 heavy (non-hydrogen) atoms. The van der Waals surface area contributed by atoms with Gasteiger partial charge < -0.3 is 9.47 Å². The molecule has 0 N–H and O–H groups in total. The lowest BCUT2D eigenvalue weighted by atomic mass is 9.88. The number of fused-ring (bicyclic) bond motifs is 3. The van der Waals surface area contributed by atoms with Gasteiger partial charge in [-0.3, -0.25) is 0 Å². The van der Waals surface area contributed by atoms with E-state index in [4.69, 9.17) is 9.47 Å². The van der Waals surface area contributed by atoms with Crippen LogP contribution >= 0.6 is 0 Å². The van der Waals surface area contributed by atoms with E-state index in [9.17, 15) is 0 Å². The molecule has 0 saturated carbocycles. The van der Waals surface area contributed by atoms with Gasteiger partial charge in [0, 0.05) is 10.9 Å². The highest BCUT2D eigenvalue weighted by Gasteiger charge is 2.25. The molecule has 0 aromatic heterocycles. The molecule has 0 spiro atoms. The van der Waals surface area contributed by atoms with Crippen LogP contribution in [0.4, 0.5) is 0 Å². The first-order valence-corrected chi connectivity index (χ1v) is 9.64. The number of benzene rings is 3. The number of aryl methyl sites for hydroxylation is 1. The van der Waals surface area contributed by atoms with Crippen molar-refractivity contribution in [1.29, 1.82) is 0 Å². The van der Waals surface area contributed by atoms with Crippen LogP contribution in [-0.4, -0.2) is 12.7 Å². The van der Waals surface area contributed by atoms with Gasteiger partial charge in [-0.05, 0) is 66.6 Å². The van der Waals surface area contributed by atoms with E-state index in [1.807, 2.05) is 0 Å². The Labute approximate surface area is 161 Å². The minimum Gasteiger partial charge on any atom is -0.496 e. The van der Waals surface area contributed by atoms with Crippen molar-refractivity contribution >= 4 is 16.8 Å². The summed E-state index contributed by atoms with van der Waals surface area (Å²) in [7, 11) is 1.75. The fourth-order valence-corrected chi connectivity index (χ4v) is 3.98. The zero-order valence-electron chi connectivity index (χ0n) is 16.5. The maximum atomic E-state index is 6.21. The lowest BCUT2D eigenvalue weighted by Gasteiger charge is -2.29. The third kappa shape index (κ3) is 3.10. The van der Waals surface area contributed by atoms with E-state index in [2.05, 4.69) is 81.5 Å². The van der Waals surface area contributed by atoms with Crippen LogP contribution in [0.15, 0.2) is 54.6 Å². The molecule has 4 rings (SSSR count). The summed E-state index contributed by atoms with van der Waals surface area (Å²) in [6.07, 6.45) is 6.41. The van der Waals surface area contributed by atoms with Gasteiger partial charge in [-0.15, -0.1) is 0 Å². The molecule has 2 heteroatoms. The zero-order chi connectivity index (χ0) is 19.0. The fourth-order valence-electron chi connectivity index (χ4n) is 3.98. The first-order valence-electron chi connectivity index (χ1n) is 9.64. The van der Waals surface area contributed by atoms with Crippen LogP contribution in [0.1, 0.15) is 38.3 Å².